The molecule has 0 bridgehead atoms. The largest absolute Gasteiger partial charge is 0.490 e. The molecule has 4 nitrogen and oxygen atoms in total. The Morgan fingerprint density at radius 3 is 2.70 bits per heavy atom. The second-order valence-corrected chi connectivity index (χ2v) is 4.98. The maximum Gasteiger partial charge on any atom is 0.171 e. The van der Waals surface area contributed by atoms with Crippen molar-refractivity contribution in [1.29, 1.82) is 0 Å². The monoisotopic (exact) mass is 277 g/mol. The van der Waals surface area contributed by atoms with Gasteiger partial charge in [-0.15, -0.1) is 0 Å². The van der Waals surface area contributed by atoms with Gasteiger partial charge in [-0.1, -0.05) is 12.5 Å². The third-order valence-electron chi connectivity index (χ3n) is 3.54. The molecule has 0 saturated carbocycles. The minimum Gasteiger partial charge on any atom is -0.490 e. The van der Waals surface area contributed by atoms with Crippen LogP contribution in [0, 0.1) is 0 Å². The number of piperidine rings is 1. The standard InChI is InChI=1S/C16H23NO3/c1-2-19-15-8-6-7-14(13-18)16(15)20-12-11-17-9-4-3-5-10-17/h6-8,13H,2-5,9-12H2,1H3. The van der Waals surface area contributed by atoms with Gasteiger partial charge in [0, 0.05) is 6.54 Å². The van der Waals surface area contributed by atoms with E-state index in [-0.39, 0.29) is 0 Å². The van der Waals surface area contributed by atoms with E-state index in [4.69, 9.17) is 9.47 Å². The molecule has 20 heavy (non-hydrogen) atoms. The smallest absolute Gasteiger partial charge is 0.171 e. The van der Waals surface area contributed by atoms with Crippen molar-refractivity contribution in [2.45, 2.75) is 26.2 Å². The molecule has 0 radical (unpaired) electrons. The van der Waals surface area contributed by atoms with Crippen LogP contribution in [-0.2, 0) is 0 Å². The Hall–Kier alpha value is -1.55. The highest BCUT2D eigenvalue weighted by Gasteiger charge is 2.13. The molecule has 0 N–H and O–H groups in total. The Balaban J connectivity index is 1.94. The van der Waals surface area contributed by atoms with E-state index in [0.29, 0.717) is 30.3 Å². The molecule has 0 spiro atoms. The van der Waals surface area contributed by atoms with E-state index < -0.39 is 0 Å². The van der Waals surface area contributed by atoms with Crippen LogP contribution < -0.4 is 9.47 Å². The van der Waals surface area contributed by atoms with Crippen LogP contribution in [0.5, 0.6) is 11.5 Å². The van der Waals surface area contributed by atoms with Gasteiger partial charge in [-0.25, -0.2) is 0 Å². The van der Waals surface area contributed by atoms with Crippen LogP contribution in [0.4, 0.5) is 0 Å². The summed E-state index contributed by atoms with van der Waals surface area (Å²) in [6.07, 6.45) is 4.70. The minimum atomic E-state index is 0.551. The van der Waals surface area contributed by atoms with Gasteiger partial charge in [-0.05, 0) is 45.0 Å². The van der Waals surface area contributed by atoms with Crippen LogP contribution in [0.1, 0.15) is 36.5 Å². The molecule has 110 valence electrons. The first-order chi connectivity index (χ1) is 9.85. The molecule has 0 unspecified atom stereocenters. The Bertz CT molecular complexity index is 428. The number of nitrogens with zero attached hydrogens (tertiary/aromatic N) is 1. The average molecular weight is 277 g/mol. The molecule has 0 atom stereocenters. The Labute approximate surface area is 120 Å². The van der Waals surface area contributed by atoms with Crippen molar-refractivity contribution in [3.8, 4) is 11.5 Å². The van der Waals surface area contributed by atoms with Gasteiger partial charge in [-0.3, -0.25) is 9.69 Å². The van der Waals surface area contributed by atoms with Gasteiger partial charge in [-0.2, -0.15) is 0 Å². The molecular weight excluding hydrogens is 254 g/mol. The van der Waals surface area contributed by atoms with E-state index in [1.165, 1.54) is 19.3 Å². The first kappa shape index (κ1) is 14.9. The van der Waals surface area contributed by atoms with Crippen molar-refractivity contribution in [3.63, 3.8) is 0 Å². The summed E-state index contributed by atoms with van der Waals surface area (Å²) in [4.78, 5) is 13.5. The first-order valence-electron chi connectivity index (χ1n) is 7.41. The minimum absolute atomic E-state index is 0.551. The van der Waals surface area contributed by atoms with Crippen molar-refractivity contribution in [1.82, 2.24) is 4.90 Å². The lowest BCUT2D eigenvalue weighted by atomic mass is 10.1. The van der Waals surface area contributed by atoms with Crippen molar-refractivity contribution < 1.29 is 14.3 Å². The lowest BCUT2D eigenvalue weighted by Crippen LogP contribution is -2.33. The molecule has 1 saturated heterocycles. The van der Waals surface area contributed by atoms with Crippen molar-refractivity contribution >= 4 is 6.29 Å². The molecule has 1 aliphatic heterocycles. The number of ether oxygens (including phenoxy) is 2. The fourth-order valence-corrected chi connectivity index (χ4v) is 2.51. The van der Waals surface area contributed by atoms with Crippen LogP contribution in [0.25, 0.3) is 0 Å². The lowest BCUT2D eigenvalue weighted by molar-refractivity contribution is 0.111. The summed E-state index contributed by atoms with van der Waals surface area (Å²) in [6, 6.07) is 5.41. The number of aldehydes is 1. The van der Waals surface area contributed by atoms with E-state index in [9.17, 15) is 4.79 Å². The number of para-hydroxylation sites is 1. The summed E-state index contributed by atoms with van der Waals surface area (Å²) in [5, 5.41) is 0. The SMILES string of the molecule is CCOc1cccc(C=O)c1OCCN1CCCCC1. The average Bonchev–Trinajstić information content (AvgIpc) is 2.50. The van der Waals surface area contributed by atoms with Crippen LogP contribution in [-0.4, -0.2) is 44.0 Å². The van der Waals surface area contributed by atoms with Gasteiger partial charge >= 0.3 is 0 Å². The molecule has 0 aliphatic carbocycles. The van der Waals surface area contributed by atoms with Crippen molar-refractivity contribution in [3.05, 3.63) is 23.8 Å². The first-order valence-corrected chi connectivity index (χ1v) is 7.41. The molecule has 1 aromatic carbocycles. The molecular formula is C16H23NO3. The predicted molar refractivity (Wildman–Crippen MR) is 78.8 cm³/mol. The highest BCUT2D eigenvalue weighted by atomic mass is 16.5. The maximum absolute atomic E-state index is 11.1. The van der Waals surface area contributed by atoms with E-state index in [1.54, 1.807) is 6.07 Å². The van der Waals surface area contributed by atoms with Crippen LogP contribution >= 0.6 is 0 Å². The van der Waals surface area contributed by atoms with E-state index >= 15 is 0 Å². The fraction of sp³-hybridized carbons (Fsp3) is 0.562. The predicted octanol–water partition coefficient (Wildman–Crippen LogP) is 2.76. The van der Waals surface area contributed by atoms with Crippen molar-refractivity contribution in [2.24, 2.45) is 0 Å². The van der Waals surface area contributed by atoms with Gasteiger partial charge < -0.3 is 9.47 Å². The topological polar surface area (TPSA) is 38.8 Å². The zero-order valence-electron chi connectivity index (χ0n) is 12.1. The number of carbonyl (C=O) groups excluding carboxylic acids is 1. The van der Waals surface area contributed by atoms with Gasteiger partial charge in [0.15, 0.2) is 17.8 Å². The van der Waals surface area contributed by atoms with Gasteiger partial charge in [0.1, 0.15) is 6.61 Å². The van der Waals surface area contributed by atoms with E-state index in [1.807, 2.05) is 19.1 Å². The number of rotatable bonds is 7. The summed E-state index contributed by atoms with van der Waals surface area (Å²) >= 11 is 0. The normalized spacial score (nSPS) is 15.8. The Morgan fingerprint density at radius 1 is 1.20 bits per heavy atom. The number of hydrogen-bond donors (Lipinski definition) is 0. The lowest BCUT2D eigenvalue weighted by Gasteiger charge is -2.26. The molecule has 0 amide bonds. The summed E-state index contributed by atoms with van der Waals surface area (Å²) < 4.78 is 11.3. The number of likely N-dealkylation sites (tertiary alicyclic amines) is 1. The van der Waals surface area contributed by atoms with E-state index in [0.717, 1.165) is 25.9 Å². The summed E-state index contributed by atoms with van der Waals surface area (Å²) in [5.74, 6) is 1.22. The van der Waals surface area contributed by atoms with Crippen LogP contribution in [0.15, 0.2) is 18.2 Å². The molecule has 1 heterocycles. The summed E-state index contributed by atoms with van der Waals surface area (Å²) in [5.41, 5.74) is 0.551. The molecule has 0 aromatic heterocycles. The third-order valence-corrected chi connectivity index (χ3v) is 3.54. The van der Waals surface area contributed by atoms with Gasteiger partial charge in [0.2, 0.25) is 0 Å². The molecule has 1 aromatic rings. The number of hydrogen-bond acceptors (Lipinski definition) is 4. The van der Waals surface area contributed by atoms with Crippen molar-refractivity contribution in [2.75, 3.05) is 32.8 Å². The summed E-state index contributed by atoms with van der Waals surface area (Å²) in [6.45, 7) is 6.27. The third kappa shape index (κ3) is 3.97. The second kappa shape index (κ2) is 7.90. The maximum atomic E-state index is 11.1. The summed E-state index contributed by atoms with van der Waals surface area (Å²) in [7, 11) is 0. The van der Waals surface area contributed by atoms with Crippen LogP contribution in [0.2, 0.25) is 0 Å². The van der Waals surface area contributed by atoms with Gasteiger partial charge in [0.25, 0.3) is 0 Å². The number of carbonyl (C=O) groups is 1. The van der Waals surface area contributed by atoms with Gasteiger partial charge in [0.05, 0.1) is 12.2 Å². The molecule has 1 fully saturated rings. The molecule has 1 aliphatic rings. The highest BCUT2D eigenvalue weighted by Crippen LogP contribution is 2.30. The Kier molecular flexibility index (Phi) is 5.87. The van der Waals surface area contributed by atoms with E-state index in [2.05, 4.69) is 4.90 Å². The molecule has 2 rings (SSSR count). The quantitative estimate of drug-likeness (QED) is 0.718. The Morgan fingerprint density at radius 2 is 2.00 bits per heavy atom. The fourth-order valence-electron chi connectivity index (χ4n) is 2.51. The number of benzene rings is 1. The van der Waals surface area contributed by atoms with Crippen LogP contribution in [0.3, 0.4) is 0 Å². The zero-order valence-corrected chi connectivity index (χ0v) is 12.1. The second-order valence-electron chi connectivity index (χ2n) is 4.98. The molecule has 4 heteroatoms. The zero-order chi connectivity index (χ0) is 14.2. The highest BCUT2D eigenvalue weighted by molar-refractivity contribution is 5.81.